The second-order valence-electron chi connectivity index (χ2n) is 8.78. The average Bonchev–Trinajstić information content (AvgIpc) is 3.58. The quantitative estimate of drug-likeness (QED) is 0.463. The first-order valence-corrected chi connectivity index (χ1v) is 11.9. The highest BCUT2D eigenvalue weighted by Gasteiger charge is 2.38. The molecule has 2 heterocycles. The van der Waals surface area contributed by atoms with Crippen LogP contribution in [-0.4, -0.2) is 49.6 Å². The Balaban J connectivity index is 1.57. The molecule has 2 aliphatic heterocycles. The Hall–Kier alpha value is -3.91. The number of methoxy groups -OCH3 is 2. The van der Waals surface area contributed by atoms with Crippen LogP contribution in [0.15, 0.2) is 60.7 Å². The summed E-state index contributed by atoms with van der Waals surface area (Å²) in [5.41, 5.74) is 2.75. The highest BCUT2D eigenvalue weighted by molar-refractivity contribution is 5.74. The van der Waals surface area contributed by atoms with E-state index in [4.69, 9.17) is 23.7 Å². The van der Waals surface area contributed by atoms with Gasteiger partial charge in [0.1, 0.15) is 12.6 Å². The number of hydrogen-bond donors (Lipinski definition) is 1. The van der Waals surface area contributed by atoms with Crippen LogP contribution in [0.1, 0.15) is 35.6 Å². The molecule has 1 saturated heterocycles. The maximum absolute atomic E-state index is 12.1. The Morgan fingerprint density at radius 3 is 2.42 bits per heavy atom. The fourth-order valence-electron chi connectivity index (χ4n) is 4.95. The van der Waals surface area contributed by atoms with E-state index >= 15 is 0 Å². The molecule has 2 unspecified atom stereocenters. The molecule has 0 saturated carbocycles. The molecule has 0 spiro atoms. The summed E-state index contributed by atoms with van der Waals surface area (Å²) in [4.78, 5) is 14.1. The summed E-state index contributed by atoms with van der Waals surface area (Å²) in [6, 6.07) is 18.4. The van der Waals surface area contributed by atoms with Gasteiger partial charge in [-0.1, -0.05) is 36.4 Å². The van der Waals surface area contributed by atoms with Crippen molar-refractivity contribution in [3.8, 4) is 28.7 Å². The molecule has 188 valence electrons. The van der Waals surface area contributed by atoms with Gasteiger partial charge >= 0.3 is 5.97 Å². The molecule has 2 atom stereocenters. The van der Waals surface area contributed by atoms with Gasteiger partial charge < -0.3 is 28.8 Å². The first-order chi connectivity index (χ1) is 17.6. The number of hydrogen-bond acceptors (Lipinski definition) is 7. The SMILES string of the molecule is COc1cc(C(c2ccc3c(c2)OCO3)N2CCCC2C(=O)O)cc(OC)c1OCc1ccccc1. The van der Waals surface area contributed by atoms with Crippen LogP contribution in [-0.2, 0) is 11.4 Å². The molecule has 1 fully saturated rings. The third-order valence-corrected chi connectivity index (χ3v) is 6.65. The topological polar surface area (TPSA) is 86.7 Å². The van der Waals surface area contributed by atoms with Crippen molar-refractivity contribution in [2.45, 2.75) is 31.5 Å². The summed E-state index contributed by atoms with van der Waals surface area (Å²) < 4.78 is 28.7. The van der Waals surface area contributed by atoms with E-state index in [9.17, 15) is 9.90 Å². The van der Waals surface area contributed by atoms with Crippen LogP contribution >= 0.6 is 0 Å². The number of ether oxygens (including phenoxy) is 5. The van der Waals surface area contributed by atoms with Gasteiger partial charge in [0.2, 0.25) is 12.5 Å². The molecule has 5 rings (SSSR count). The predicted octanol–water partition coefficient (Wildman–Crippen LogP) is 4.65. The minimum Gasteiger partial charge on any atom is -0.493 e. The Morgan fingerprint density at radius 1 is 1.00 bits per heavy atom. The zero-order chi connectivity index (χ0) is 25.1. The minimum absolute atomic E-state index is 0.167. The van der Waals surface area contributed by atoms with Crippen molar-refractivity contribution in [3.05, 3.63) is 77.4 Å². The molecule has 0 radical (unpaired) electrons. The summed E-state index contributed by atoms with van der Waals surface area (Å²) >= 11 is 0. The van der Waals surface area contributed by atoms with Crippen molar-refractivity contribution in [2.24, 2.45) is 0 Å². The van der Waals surface area contributed by atoms with E-state index in [1.807, 2.05) is 65.6 Å². The van der Waals surface area contributed by atoms with Crippen molar-refractivity contribution in [1.82, 2.24) is 4.90 Å². The number of likely N-dealkylation sites (tertiary alicyclic amines) is 1. The lowest BCUT2D eigenvalue weighted by Gasteiger charge is -2.32. The molecule has 0 bridgehead atoms. The van der Waals surface area contributed by atoms with Crippen molar-refractivity contribution < 1.29 is 33.6 Å². The van der Waals surface area contributed by atoms with Crippen LogP contribution in [0.25, 0.3) is 0 Å². The molecular weight excluding hydrogens is 462 g/mol. The highest BCUT2D eigenvalue weighted by Crippen LogP contribution is 2.45. The van der Waals surface area contributed by atoms with E-state index in [0.29, 0.717) is 48.3 Å². The first kappa shape index (κ1) is 23.8. The number of nitrogens with zero attached hydrogens (tertiary/aromatic N) is 1. The maximum Gasteiger partial charge on any atom is 0.320 e. The lowest BCUT2D eigenvalue weighted by atomic mass is 9.95. The second-order valence-corrected chi connectivity index (χ2v) is 8.78. The van der Waals surface area contributed by atoms with Crippen LogP contribution in [0.3, 0.4) is 0 Å². The van der Waals surface area contributed by atoms with Gasteiger partial charge in [-0.2, -0.15) is 0 Å². The summed E-state index contributed by atoms with van der Waals surface area (Å²) in [5, 5.41) is 9.95. The van der Waals surface area contributed by atoms with Crippen molar-refractivity contribution >= 4 is 5.97 Å². The van der Waals surface area contributed by atoms with Crippen LogP contribution in [0.4, 0.5) is 0 Å². The number of carboxylic acid groups (broad SMARTS) is 1. The standard InChI is InChI=1S/C28H29NO7/c1-32-24-14-20(15-25(33-2)27(24)34-16-18-7-4-3-5-8-18)26(29-12-6-9-21(29)28(30)31)19-10-11-22-23(13-19)36-17-35-22/h3-5,7-8,10-11,13-15,21,26H,6,9,12,16-17H2,1-2H3,(H,30,31). The zero-order valence-corrected chi connectivity index (χ0v) is 20.3. The molecule has 3 aromatic carbocycles. The van der Waals surface area contributed by atoms with Crippen LogP contribution in [0.5, 0.6) is 28.7 Å². The van der Waals surface area contributed by atoms with E-state index in [1.54, 1.807) is 14.2 Å². The smallest absolute Gasteiger partial charge is 0.320 e. The van der Waals surface area contributed by atoms with Gasteiger partial charge in [-0.15, -0.1) is 0 Å². The predicted molar refractivity (Wildman–Crippen MR) is 132 cm³/mol. The summed E-state index contributed by atoms with van der Waals surface area (Å²) in [5.74, 6) is 2.00. The van der Waals surface area contributed by atoms with E-state index in [1.165, 1.54) is 0 Å². The number of fused-ring (bicyclic) bond motifs is 1. The lowest BCUT2D eigenvalue weighted by molar-refractivity contribution is -0.142. The monoisotopic (exact) mass is 491 g/mol. The molecule has 2 aliphatic rings. The molecule has 8 heteroatoms. The Labute approximate surface area is 209 Å². The first-order valence-electron chi connectivity index (χ1n) is 11.9. The molecular formula is C28H29NO7. The van der Waals surface area contributed by atoms with Gasteiger partial charge in [-0.05, 0) is 53.8 Å². The number of aliphatic carboxylic acids is 1. The maximum atomic E-state index is 12.1. The van der Waals surface area contributed by atoms with Gasteiger partial charge in [0.15, 0.2) is 23.0 Å². The average molecular weight is 492 g/mol. The third-order valence-electron chi connectivity index (χ3n) is 6.65. The second kappa shape index (κ2) is 10.4. The van der Waals surface area contributed by atoms with E-state index in [2.05, 4.69) is 0 Å². The fraction of sp³-hybridized carbons (Fsp3) is 0.321. The van der Waals surface area contributed by atoms with Crippen LogP contribution in [0.2, 0.25) is 0 Å². The van der Waals surface area contributed by atoms with Gasteiger partial charge in [-0.3, -0.25) is 9.69 Å². The minimum atomic E-state index is -0.833. The summed E-state index contributed by atoms with van der Waals surface area (Å²) in [6.07, 6.45) is 1.38. The molecule has 8 nitrogen and oxygen atoms in total. The Bertz CT molecular complexity index is 1200. The molecule has 0 aliphatic carbocycles. The molecule has 1 N–H and O–H groups in total. The number of carboxylic acids is 1. The van der Waals surface area contributed by atoms with Crippen LogP contribution < -0.4 is 23.7 Å². The fourth-order valence-corrected chi connectivity index (χ4v) is 4.95. The lowest BCUT2D eigenvalue weighted by Crippen LogP contribution is -2.39. The molecule has 3 aromatic rings. The Morgan fingerprint density at radius 2 is 1.72 bits per heavy atom. The number of carbonyl (C=O) groups is 1. The van der Waals surface area contributed by atoms with Crippen molar-refractivity contribution in [2.75, 3.05) is 27.6 Å². The van der Waals surface area contributed by atoms with Crippen molar-refractivity contribution in [1.29, 1.82) is 0 Å². The van der Waals surface area contributed by atoms with E-state index in [0.717, 1.165) is 23.1 Å². The van der Waals surface area contributed by atoms with Gasteiger partial charge in [0.05, 0.1) is 20.3 Å². The van der Waals surface area contributed by atoms with E-state index < -0.39 is 12.0 Å². The number of rotatable bonds is 9. The van der Waals surface area contributed by atoms with Gasteiger partial charge in [0.25, 0.3) is 0 Å². The van der Waals surface area contributed by atoms with Crippen LogP contribution in [0, 0.1) is 0 Å². The molecule has 0 amide bonds. The zero-order valence-electron chi connectivity index (χ0n) is 20.3. The number of benzene rings is 3. The highest BCUT2D eigenvalue weighted by atomic mass is 16.7. The van der Waals surface area contributed by atoms with E-state index in [-0.39, 0.29) is 12.8 Å². The largest absolute Gasteiger partial charge is 0.493 e. The van der Waals surface area contributed by atoms with Crippen molar-refractivity contribution in [3.63, 3.8) is 0 Å². The normalized spacial score (nSPS) is 17.6. The Kier molecular flexibility index (Phi) is 6.86. The summed E-state index contributed by atoms with van der Waals surface area (Å²) in [7, 11) is 3.17. The van der Waals surface area contributed by atoms with Gasteiger partial charge in [-0.25, -0.2) is 0 Å². The molecule has 0 aromatic heterocycles. The summed E-state index contributed by atoms with van der Waals surface area (Å²) in [6.45, 7) is 1.17. The third kappa shape index (κ3) is 4.64. The van der Waals surface area contributed by atoms with Gasteiger partial charge in [0, 0.05) is 6.54 Å². The molecule has 36 heavy (non-hydrogen) atoms.